The smallest absolute Gasteiger partial charge is 0.478 e. The van der Waals surface area contributed by atoms with E-state index in [0.717, 1.165) is 12.8 Å². The van der Waals surface area contributed by atoms with Gasteiger partial charge in [-0.25, -0.2) is 9.18 Å². The number of rotatable bonds is 4. The molecule has 8 nitrogen and oxygen atoms in total. The molecule has 0 aromatic heterocycles. The highest BCUT2D eigenvalue weighted by molar-refractivity contribution is 6.61. The number of aliphatic hydroxyl groups excluding tert-OH is 1. The van der Waals surface area contributed by atoms with E-state index in [-0.39, 0.29) is 52.9 Å². The van der Waals surface area contributed by atoms with Gasteiger partial charge < -0.3 is 29.4 Å². The Morgan fingerprint density at radius 2 is 1.97 bits per heavy atom. The summed E-state index contributed by atoms with van der Waals surface area (Å²) in [5.74, 6) is -3.21. The molecule has 2 bridgehead atoms. The molecule has 2 aliphatic heterocycles. The maximum atomic E-state index is 15.6. The van der Waals surface area contributed by atoms with Crippen LogP contribution in [0, 0.1) is 45.7 Å². The number of aliphatic carboxylic acids is 1. The maximum absolute atomic E-state index is 15.6. The van der Waals surface area contributed by atoms with E-state index in [0.29, 0.717) is 31.2 Å². The van der Waals surface area contributed by atoms with Crippen molar-refractivity contribution in [1.82, 2.24) is 0 Å². The van der Waals surface area contributed by atoms with E-state index in [4.69, 9.17) is 14.1 Å². The van der Waals surface area contributed by atoms with Crippen molar-refractivity contribution in [2.45, 2.75) is 91.3 Å². The average molecular weight is 544 g/mol. The fourth-order valence-electron chi connectivity index (χ4n) is 9.64. The Kier molecular flexibility index (Phi) is 6.27. The van der Waals surface area contributed by atoms with Gasteiger partial charge in [-0.2, -0.15) is 0 Å². The van der Waals surface area contributed by atoms with Gasteiger partial charge in [0.1, 0.15) is 5.78 Å². The number of hydrogen-bond acceptors (Lipinski definition) is 7. The first-order chi connectivity index (χ1) is 18.3. The van der Waals surface area contributed by atoms with Gasteiger partial charge in [0.05, 0.1) is 12.7 Å². The zero-order chi connectivity index (χ0) is 28.1. The van der Waals surface area contributed by atoms with Crippen LogP contribution in [-0.4, -0.2) is 52.6 Å². The van der Waals surface area contributed by atoms with Crippen LogP contribution in [0.25, 0.3) is 0 Å². The second-order valence-corrected chi connectivity index (χ2v) is 13.4. The average Bonchev–Trinajstić information content (AvgIpc) is 3.52. The number of carbonyl (C=O) groups excluding carboxylic acids is 1. The lowest BCUT2D eigenvalue weighted by molar-refractivity contribution is -0.201. The molecular weight excluding hydrogens is 506 g/mol. The number of hydrogen-bond donors (Lipinski definition) is 3. The molecule has 3 aliphatic carbocycles. The van der Waals surface area contributed by atoms with Crippen molar-refractivity contribution in [3.8, 4) is 5.75 Å². The van der Waals surface area contributed by atoms with E-state index >= 15 is 4.39 Å². The zero-order valence-electron chi connectivity index (χ0n) is 23.0. The molecule has 10 atom stereocenters. The van der Waals surface area contributed by atoms with Crippen molar-refractivity contribution in [3.05, 3.63) is 23.5 Å². The van der Waals surface area contributed by atoms with E-state index in [1.807, 2.05) is 13.8 Å². The van der Waals surface area contributed by atoms with Gasteiger partial charge in [0, 0.05) is 30.1 Å². The van der Waals surface area contributed by atoms with Crippen molar-refractivity contribution in [2.24, 2.45) is 39.9 Å². The lowest BCUT2D eigenvalue weighted by Crippen LogP contribution is -2.63. The summed E-state index contributed by atoms with van der Waals surface area (Å²) in [5.41, 5.74) is -1.22. The van der Waals surface area contributed by atoms with Gasteiger partial charge in [0.25, 0.3) is 0 Å². The molecular formula is C29H38BFO8. The summed E-state index contributed by atoms with van der Waals surface area (Å²) in [4.78, 5) is 26.8. The third kappa shape index (κ3) is 3.70. The summed E-state index contributed by atoms with van der Waals surface area (Å²) >= 11 is 0. The zero-order valence-corrected chi connectivity index (χ0v) is 23.0. The second kappa shape index (κ2) is 9.00. The molecule has 6 rings (SSSR count). The molecule has 3 N–H and O–H groups in total. The molecule has 39 heavy (non-hydrogen) atoms. The molecule has 0 radical (unpaired) electrons. The van der Waals surface area contributed by atoms with Crippen LogP contribution in [0.1, 0.15) is 71.8 Å². The Balaban J connectivity index is 1.50. The number of fused-ring (bicyclic) bond motifs is 2. The molecule has 1 aromatic carbocycles. The highest BCUT2D eigenvalue weighted by Gasteiger charge is 2.70. The predicted molar refractivity (Wildman–Crippen MR) is 138 cm³/mol. The van der Waals surface area contributed by atoms with Gasteiger partial charge in [-0.1, -0.05) is 33.8 Å². The van der Waals surface area contributed by atoms with Gasteiger partial charge >= 0.3 is 13.1 Å². The van der Waals surface area contributed by atoms with Gasteiger partial charge in [0.2, 0.25) is 0 Å². The maximum Gasteiger partial charge on any atom is 0.494 e. The molecule has 10 heteroatoms. The van der Waals surface area contributed by atoms with E-state index in [2.05, 4.69) is 13.8 Å². The molecule has 1 saturated heterocycles. The van der Waals surface area contributed by atoms with Crippen LogP contribution in [-0.2, 0) is 25.6 Å². The number of halogens is 1. The molecule has 0 amide bonds. The standard InChI is InChI=1S/C29H38BFO8/c1-14-7-9-29-10-8-18(32)24(29)28(14,4)17(11-27(3)12-20(33)39-25(27)15(29)2)23(26(34)35)38-19-6-5-16-13-37-30(36)21(16)22(19)31/h5-6,14-15,17,20,23-25,33,36H,7-13H2,1-4H3,(H,34,35)/t14-,15+,17+,20?,23?,24+,25+,27+,28-,29+/m1/s1. The Morgan fingerprint density at radius 3 is 2.69 bits per heavy atom. The SMILES string of the molecule is C[C@@H]1CC[C@@]23CCC(=O)[C@H]2[C@@]1(C)[C@H](C(Oc1ccc2c(c1F)B(O)OC2)C(=O)O)C[C@@]1(C)CC(O)O[C@H]1[C@@H]3C. The number of aliphatic hydroxyl groups is 1. The highest BCUT2D eigenvalue weighted by Crippen LogP contribution is 2.70. The molecule has 2 heterocycles. The molecule has 5 aliphatic rings. The van der Waals surface area contributed by atoms with Crippen molar-refractivity contribution in [2.75, 3.05) is 0 Å². The molecule has 3 saturated carbocycles. The van der Waals surface area contributed by atoms with Crippen LogP contribution in [0.15, 0.2) is 12.1 Å². The number of ether oxygens (including phenoxy) is 2. The van der Waals surface area contributed by atoms with E-state index in [1.54, 1.807) is 6.07 Å². The first kappa shape index (κ1) is 27.2. The summed E-state index contributed by atoms with van der Waals surface area (Å²) in [7, 11) is -1.45. The largest absolute Gasteiger partial charge is 0.494 e. The Hall–Kier alpha value is -2.01. The molecule has 0 spiro atoms. The fourth-order valence-corrected chi connectivity index (χ4v) is 9.64. The van der Waals surface area contributed by atoms with Crippen LogP contribution in [0.5, 0.6) is 5.75 Å². The van der Waals surface area contributed by atoms with Crippen LogP contribution >= 0.6 is 0 Å². The minimum Gasteiger partial charge on any atom is -0.478 e. The lowest BCUT2D eigenvalue weighted by atomic mass is 9.41. The summed E-state index contributed by atoms with van der Waals surface area (Å²) in [6.07, 6.45) is 0.734. The topological polar surface area (TPSA) is 123 Å². The van der Waals surface area contributed by atoms with E-state index < -0.39 is 48.0 Å². The minimum atomic E-state index is -1.46. The Bertz CT molecular complexity index is 1210. The van der Waals surface area contributed by atoms with Crippen molar-refractivity contribution >= 4 is 24.3 Å². The minimum absolute atomic E-state index is 0.00344. The first-order valence-corrected chi connectivity index (χ1v) is 14.2. The van der Waals surface area contributed by atoms with Crippen molar-refractivity contribution in [1.29, 1.82) is 0 Å². The third-order valence-electron chi connectivity index (χ3n) is 11.7. The van der Waals surface area contributed by atoms with Crippen LogP contribution in [0.4, 0.5) is 4.39 Å². The third-order valence-corrected chi connectivity index (χ3v) is 11.7. The predicted octanol–water partition coefficient (Wildman–Crippen LogP) is 3.05. The number of benzene rings is 1. The lowest BCUT2D eigenvalue weighted by Gasteiger charge is -2.62. The van der Waals surface area contributed by atoms with E-state index in [9.17, 15) is 24.8 Å². The highest BCUT2D eigenvalue weighted by atomic mass is 19.1. The summed E-state index contributed by atoms with van der Waals surface area (Å²) in [6, 6.07) is 2.97. The van der Waals surface area contributed by atoms with Crippen molar-refractivity contribution in [3.63, 3.8) is 0 Å². The molecule has 4 fully saturated rings. The Labute approximate surface area is 228 Å². The van der Waals surface area contributed by atoms with Gasteiger partial charge in [-0.3, -0.25) is 4.79 Å². The normalized spacial score (nSPS) is 43.8. The van der Waals surface area contributed by atoms with Crippen molar-refractivity contribution < 1.29 is 43.3 Å². The molecule has 1 aromatic rings. The number of carboxylic acid groups (broad SMARTS) is 1. The van der Waals surface area contributed by atoms with Crippen LogP contribution < -0.4 is 10.2 Å². The van der Waals surface area contributed by atoms with Gasteiger partial charge in [0.15, 0.2) is 24.0 Å². The quantitative estimate of drug-likeness (QED) is 0.495. The Morgan fingerprint density at radius 1 is 1.23 bits per heavy atom. The van der Waals surface area contributed by atoms with Gasteiger partial charge in [-0.05, 0) is 65.4 Å². The van der Waals surface area contributed by atoms with Crippen LogP contribution in [0.2, 0.25) is 0 Å². The number of carbonyl (C=O) groups is 2. The molecule has 212 valence electrons. The number of carboxylic acids is 1. The summed E-state index contributed by atoms with van der Waals surface area (Å²) in [6.45, 7) is 8.37. The number of ketones is 1. The summed E-state index contributed by atoms with van der Waals surface area (Å²) < 4.78 is 33.0. The second-order valence-electron chi connectivity index (χ2n) is 13.4. The van der Waals surface area contributed by atoms with Crippen LogP contribution in [0.3, 0.4) is 0 Å². The number of Topliss-reactive ketones (excluding diaryl/α,β-unsaturated/α-hetero) is 1. The van der Waals surface area contributed by atoms with E-state index in [1.165, 1.54) is 6.07 Å². The monoisotopic (exact) mass is 544 g/mol. The first-order valence-electron chi connectivity index (χ1n) is 14.2. The summed E-state index contributed by atoms with van der Waals surface area (Å²) in [5, 5.41) is 31.4. The molecule has 2 unspecified atom stereocenters. The van der Waals surface area contributed by atoms with Gasteiger partial charge in [-0.15, -0.1) is 0 Å². The fraction of sp³-hybridized carbons (Fsp3) is 0.724.